The summed E-state index contributed by atoms with van der Waals surface area (Å²) in [6, 6.07) is 4.52. The predicted molar refractivity (Wildman–Crippen MR) is 67.8 cm³/mol. The van der Waals surface area contributed by atoms with Crippen molar-refractivity contribution in [3.8, 4) is 11.8 Å². The van der Waals surface area contributed by atoms with Crippen LogP contribution in [0.4, 0.5) is 5.69 Å². The van der Waals surface area contributed by atoms with E-state index in [1.165, 1.54) is 13.0 Å². The molecule has 17 heavy (non-hydrogen) atoms. The zero-order valence-corrected chi connectivity index (χ0v) is 10.0. The topological polar surface area (TPSA) is 80.4 Å². The zero-order chi connectivity index (χ0) is 12.8. The molecule has 0 bridgehead atoms. The van der Waals surface area contributed by atoms with Crippen LogP contribution in [0.1, 0.15) is 22.8 Å². The number of rotatable bonds is 2. The second kappa shape index (κ2) is 5.97. The van der Waals surface area contributed by atoms with E-state index in [9.17, 15) is 9.59 Å². The summed E-state index contributed by atoms with van der Waals surface area (Å²) >= 11 is 1.08. The molecule has 4 nitrogen and oxygen atoms in total. The first kappa shape index (κ1) is 13.1. The molecule has 0 fully saturated rings. The maximum absolute atomic E-state index is 10.9. The Morgan fingerprint density at radius 2 is 2.18 bits per heavy atom. The van der Waals surface area contributed by atoms with Gasteiger partial charge in [0.15, 0.2) is 5.12 Å². The fourth-order valence-corrected chi connectivity index (χ4v) is 1.46. The summed E-state index contributed by atoms with van der Waals surface area (Å²) < 4.78 is 0. The predicted octanol–water partition coefficient (Wildman–Crippen LogP) is 1.60. The molecule has 1 aromatic carbocycles. The van der Waals surface area contributed by atoms with Crippen LogP contribution < -0.4 is 5.73 Å². The van der Waals surface area contributed by atoms with Gasteiger partial charge in [0.25, 0.3) is 0 Å². The Balaban J connectivity index is 2.90. The van der Waals surface area contributed by atoms with Crippen molar-refractivity contribution < 1.29 is 14.7 Å². The van der Waals surface area contributed by atoms with Crippen molar-refractivity contribution >= 4 is 28.5 Å². The summed E-state index contributed by atoms with van der Waals surface area (Å²) in [6.07, 6.45) is 0. The maximum atomic E-state index is 10.9. The van der Waals surface area contributed by atoms with Gasteiger partial charge < -0.3 is 10.8 Å². The fraction of sp³-hybridized carbons (Fsp3) is 0.167. The van der Waals surface area contributed by atoms with E-state index in [1.54, 1.807) is 12.1 Å². The number of nitrogens with two attached hydrogens (primary N) is 1. The summed E-state index contributed by atoms with van der Waals surface area (Å²) in [5.41, 5.74) is 6.35. The van der Waals surface area contributed by atoms with E-state index >= 15 is 0 Å². The average molecular weight is 249 g/mol. The molecule has 0 spiro atoms. The van der Waals surface area contributed by atoms with Crippen LogP contribution in [0, 0.1) is 11.8 Å². The second-order valence-electron chi connectivity index (χ2n) is 3.19. The van der Waals surface area contributed by atoms with Crippen LogP contribution in [-0.4, -0.2) is 21.9 Å². The highest BCUT2D eigenvalue weighted by Crippen LogP contribution is 2.12. The van der Waals surface area contributed by atoms with E-state index < -0.39 is 5.97 Å². The number of nitrogen functional groups attached to an aromatic ring is 1. The first-order valence-corrected chi connectivity index (χ1v) is 5.74. The van der Waals surface area contributed by atoms with Gasteiger partial charge in [0.2, 0.25) is 0 Å². The van der Waals surface area contributed by atoms with Crippen molar-refractivity contribution in [1.29, 1.82) is 0 Å². The molecule has 0 amide bonds. The molecule has 0 unspecified atom stereocenters. The number of hydrogen-bond acceptors (Lipinski definition) is 4. The molecule has 0 aliphatic rings. The number of carboxylic acid groups (broad SMARTS) is 1. The molecular weight excluding hydrogens is 238 g/mol. The van der Waals surface area contributed by atoms with Crippen LogP contribution in [-0.2, 0) is 4.79 Å². The molecule has 0 aliphatic heterocycles. The molecular formula is C12H11NO3S. The van der Waals surface area contributed by atoms with E-state index in [4.69, 9.17) is 10.8 Å². The minimum atomic E-state index is -1.07. The van der Waals surface area contributed by atoms with Crippen LogP contribution in [0.3, 0.4) is 0 Å². The van der Waals surface area contributed by atoms with Gasteiger partial charge in [-0.3, -0.25) is 4.79 Å². The summed E-state index contributed by atoms with van der Waals surface area (Å²) in [6.45, 7) is 1.46. The van der Waals surface area contributed by atoms with E-state index in [1.807, 2.05) is 0 Å². The number of carboxylic acids is 1. The lowest BCUT2D eigenvalue weighted by Crippen LogP contribution is -2.01. The smallest absolute Gasteiger partial charge is 0.337 e. The first-order chi connectivity index (χ1) is 8.00. The van der Waals surface area contributed by atoms with Crippen molar-refractivity contribution in [3.63, 3.8) is 0 Å². The highest BCUT2D eigenvalue weighted by Gasteiger charge is 2.08. The largest absolute Gasteiger partial charge is 0.478 e. The highest BCUT2D eigenvalue weighted by atomic mass is 32.2. The summed E-state index contributed by atoms with van der Waals surface area (Å²) in [5.74, 6) is 4.73. The summed E-state index contributed by atoms with van der Waals surface area (Å²) in [7, 11) is 0. The van der Waals surface area contributed by atoms with E-state index in [-0.39, 0.29) is 10.7 Å². The van der Waals surface area contributed by atoms with Gasteiger partial charge in [-0.25, -0.2) is 4.79 Å². The van der Waals surface area contributed by atoms with Crippen LogP contribution >= 0.6 is 11.8 Å². The van der Waals surface area contributed by atoms with Gasteiger partial charge in [-0.2, -0.15) is 0 Å². The Morgan fingerprint density at radius 1 is 1.47 bits per heavy atom. The minimum absolute atomic E-state index is 0.0185. The van der Waals surface area contributed by atoms with Crippen LogP contribution in [0.2, 0.25) is 0 Å². The molecule has 0 aromatic heterocycles. The zero-order valence-electron chi connectivity index (χ0n) is 9.19. The lowest BCUT2D eigenvalue weighted by atomic mass is 10.1. The minimum Gasteiger partial charge on any atom is -0.478 e. The van der Waals surface area contributed by atoms with Crippen LogP contribution in [0.15, 0.2) is 18.2 Å². The number of aromatic carboxylic acids is 1. The number of anilines is 1. The molecule has 0 atom stereocenters. The lowest BCUT2D eigenvalue weighted by molar-refractivity contribution is -0.109. The van der Waals surface area contributed by atoms with Gasteiger partial charge in [-0.1, -0.05) is 23.6 Å². The molecule has 88 valence electrons. The third-order valence-corrected chi connectivity index (χ3v) is 2.54. The quantitative estimate of drug-likeness (QED) is 0.614. The summed E-state index contributed by atoms with van der Waals surface area (Å²) in [5, 5.41) is 8.93. The molecule has 1 aromatic rings. The monoisotopic (exact) mass is 249 g/mol. The lowest BCUT2D eigenvalue weighted by Gasteiger charge is -2.00. The number of carbonyl (C=O) groups excluding carboxylic acids is 1. The molecule has 0 heterocycles. The van der Waals surface area contributed by atoms with Crippen molar-refractivity contribution in [2.45, 2.75) is 6.92 Å². The fourth-order valence-electron chi connectivity index (χ4n) is 1.12. The average Bonchev–Trinajstić information content (AvgIpc) is 2.25. The molecule has 1 rings (SSSR count). The normalized spacial score (nSPS) is 9.24. The van der Waals surface area contributed by atoms with Crippen molar-refractivity contribution in [2.75, 3.05) is 11.5 Å². The van der Waals surface area contributed by atoms with Crippen molar-refractivity contribution in [2.24, 2.45) is 0 Å². The molecule has 0 saturated carbocycles. The van der Waals surface area contributed by atoms with Gasteiger partial charge >= 0.3 is 5.97 Å². The number of hydrogen-bond donors (Lipinski definition) is 2. The van der Waals surface area contributed by atoms with Crippen molar-refractivity contribution in [3.05, 3.63) is 29.3 Å². The Morgan fingerprint density at radius 3 is 2.76 bits per heavy atom. The van der Waals surface area contributed by atoms with Gasteiger partial charge in [0.1, 0.15) is 0 Å². The Labute approximate surface area is 103 Å². The SMILES string of the molecule is CC(=O)SCC#Cc1ccc(N)cc1C(=O)O. The number of carbonyl (C=O) groups is 2. The molecule has 0 saturated heterocycles. The van der Waals surface area contributed by atoms with Gasteiger partial charge in [0.05, 0.1) is 11.3 Å². The van der Waals surface area contributed by atoms with Crippen LogP contribution in [0.5, 0.6) is 0 Å². The Bertz CT molecular complexity index is 514. The molecule has 0 radical (unpaired) electrons. The van der Waals surface area contributed by atoms with Gasteiger partial charge in [-0.15, -0.1) is 0 Å². The first-order valence-electron chi connectivity index (χ1n) is 4.75. The maximum Gasteiger partial charge on any atom is 0.337 e. The van der Waals surface area contributed by atoms with Gasteiger partial charge in [-0.05, 0) is 18.2 Å². The molecule has 0 aliphatic carbocycles. The molecule has 3 N–H and O–H groups in total. The van der Waals surface area contributed by atoms with Gasteiger partial charge in [0, 0.05) is 18.2 Å². The highest BCUT2D eigenvalue weighted by molar-refractivity contribution is 8.13. The summed E-state index contributed by atoms with van der Waals surface area (Å²) in [4.78, 5) is 21.6. The number of benzene rings is 1. The molecule has 5 heteroatoms. The van der Waals surface area contributed by atoms with Crippen LogP contribution in [0.25, 0.3) is 0 Å². The van der Waals surface area contributed by atoms with Crippen molar-refractivity contribution in [1.82, 2.24) is 0 Å². The van der Waals surface area contributed by atoms with E-state index in [0.717, 1.165) is 11.8 Å². The standard InChI is InChI=1S/C12H11NO3S/c1-8(14)17-6-2-3-9-4-5-10(13)7-11(9)12(15)16/h4-5,7H,6,13H2,1H3,(H,15,16). The Kier molecular flexibility index (Phi) is 4.61. The van der Waals surface area contributed by atoms with E-state index in [2.05, 4.69) is 11.8 Å². The third kappa shape index (κ3) is 4.21. The second-order valence-corrected chi connectivity index (χ2v) is 4.34. The third-order valence-electron chi connectivity index (χ3n) is 1.84. The van der Waals surface area contributed by atoms with E-state index in [0.29, 0.717) is 17.0 Å². The number of thioether (sulfide) groups is 1. The Hall–Kier alpha value is -1.93.